The van der Waals surface area contributed by atoms with Crippen molar-refractivity contribution in [2.45, 2.75) is 33.2 Å². The molecule has 4 nitrogen and oxygen atoms in total. The minimum atomic E-state index is 0.0622. The molecule has 2 rings (SSSR count). The molecule has 5 heteroatoms. The maximum atomic E-state index is 6.03. The first-order valence-corrected chi connectivity index (χ1v) is 6.98. The highest BCUT2D eigenvalue weighted by atomic mass is 35.5. The molecule has 0 saturated heterocycles. The average molecular weight is 294 g/mol. The lowest BCUT2D eigenvalue weighted by molar-refractivity contribution is 0.424. The minimum Gasteiger partial charge on any atom is -0.439 e. The summed E-state index contributed by atoms with van der Waals surface area (Å²) >= 11 is 6.03. The lowest BCUT2D eigenvalue weighted by atomic mass is 10.1. The molecule has 0 fully saturated rings. The van der Waals surface area contributed by atoms with Crippen LogP contribution >= 0.6 is 11.6 Å². The molecule has 1 unspecified atom stereocenters. The molecule has 1 heterocycles. The topological polar surface area (TPSA) is 53.1 Å². The predicted molar refractivity (Wildman–Crippen MR) is 81.6 cm³/mol. The third-order valence-electron chi connectivity index (χ3n) is 3.16. The molecule has 0 aliphatic carbocycles. The van der Waals surface area contributed by atoms with Crippen molar-refractivity contribution in [3.63, 3.8) is 0 Å². The number of nitrogens with zero attached hydrogens (tertiary/aromatic N) is 2. The smallest absolute Gasteiger partial charge is 0.221 e. The largest absolute Gasteiger partial charge is 0.439 e. The van der Waals surface area contributed by atoms with Gasteiger partial charge in [0.2, 0.25) is 5.88 Å². The number of hydrogen-bond acceptors (Lipinski definition) is 3. The highest BCUT2D eigenvalue weighted by molar-refractivity contribution is 6.31. The van der Waals surface area contributed by atoms with Gasteiger partial charge in [0.25, 0.3) is 0 Å². The van der Waals surface area contributed by atoms with E-state index >= 15 is 0 Å². The first-order valence-electron chi connectivity index (χ1n) is 6.60. The van der Waals surface area contributed by atoms with Gasteiger partial charge in [-0.3, -0.25) is 0 Å². The summed E-state index contributed by atoms with van der Waals surface area (Å²) in [5.41, 5.74) is 8.88. The first kappa shape index (κ1) is 14.9. The fraction of sp³-hybridized carbons (Fsp3) is 0.400. The van der Waals surface area contributed by atoms with Crippen LogP contribution in [0.1, 0.15) is 23.7 Å². The number of hydrogen-bond donors (Lipinski definition) is 1. The maximum absolute atomic E-state index is 6.03. The second kappa shape index (κ2) is 5.85. The molecule has 0 aliphatic heterocycles. The summed E-state index contributed by atoms with van der Waals surface area (Å²) in [6.07, 6.45) is 0.738. The highest BCUT2D eigenvalue weighted by Gasteiger charge is 2.17. The summed E-state index contributed by atoms with van der Waals surface area (Å²) in [6.45, 7) is 5.90. The van der Waals surface area contributed by atoms with E-state index in [9.17, 15) is 0 Å². The summed E-state index contributed by atoms with van der Waals surface area (Å²) in [6, 6.07) is 5.67. The van der Waals surface area contributed by atoms with Crippen LogP contribution in [0.2, 0.25) is 5.02 Å². The van der Waals surface area contributed by atoms with Crippen LogP contribution < -0.4 is 10.5 Å². The Labute approximate surface area is 124 Å². The van der Waals surface area contributed by atoms with E-state index in [4.69, 9.17) is 22.1 Å². The predicted octanol–water partition coefficient (Wildman–Crippen LogP) is 3.37. The molecule has 0 spiro atoms. The molecule has 0 radical (unpaired) electrons. The van der Waals surface area contributed by atoms with Crippen molar-refractivity contribution in [1.82, 2.24) is 9.78 Å². The summed E-state index contributed by atoms with van der Waals surface area (Å²) in [5, 5.41) is 5.14. The zero-order valence-electron chi connectivity index (χ0n) is 12.3. The van der Waals surface area contributed by atoms with Gasteiger partial charge in [0.15, 0.2) is 0 Å². The van der Waals surface area contributed by atoms with E-state index in [2.05, 4.69) is 5.10 Å². The van der Waals surface area contributed by atoms with Gasteiger partial charge in [-0.15, -0.1) is 0 Å². The average Bonchev–Trinajstić information content (AvgIpc) is 2.60. The van der Waals surface area contributed by atoms with Gasteiger partial charge in [-0.05, 0) is 51.0 Å². The number of aromatic nitrogens is 2. The Balaban J connectivity index is 2.34. The van der Waals surface area contributed by atoms with Crippen LogP contribution in [-0.2, 0) is 13.5 Å². The standard InChI is InChI=1S/C15H20ClN3O/c1-9-7-12(5-6-14(9)16)20-15-13(8-10(2)17)11(3)18-19(15)4/h5-7,10H,8,17H2,1-4H3. The Bertz CT molecular complexity index is 620. The van der Waals surface area contributed by atoms with E-state index in [1.807, 2.05) is 46.0 Å². The monoisotopic (exact) mass is 293 g/mol. The van der Waals surface area contributed by atoms with E-state index in [1.165, 1.54) is 0 Å². The van der Waals surface area contributed by atoms with Crippen LogP contribution in [0, 0.1) is 13.8 Å². The fourth-order valence-corrected chi connectivity index (χ4v) is 2.28. The van der Waals surface area contributed by atoms with Crippen LogP contribution in [0.15, 0.2) is 18.2 Å². The first-order chi connectivity index (χ1) is 9.38. The van der Waals surface area contributed by atoms with E-state index < -0.39 is 0 Å². The molecular formula is C15H20ClN3O. The van der Waals surface area contributed by atoms with Gasteiger partial charge in [0.1, 0.15) is 5.75 Å². The Kier molecular flexibility index (Phi) is 4.35. The summed E-state index contributed by atoms with van der Waals surface area (Å²) in [5.74, 6) is 1.49. The molecule has 0 aliphatic rings. The highest BCUT2D eigenvalue weighted by Crippen LogP contribution is 2.30. The van der Waals surface area contributed by atoms with Gasteiger partial charge in [0, 0.05) is 23.7 Å². The molecular weight excluding hydrogens is 274 g/mol. The van der Waals surface area contributed by atoms with Gasteiger partial charge < -0.3 is 10.5 Å². The van der Waals surface area contributed by atoms with E-state index in [1.54, 1.807) is 4.68 Å². The van der Waals surface area contributed by atoms with Gasteiger partial charge in [-0.1, -0.05) is 11.6 Å². The number of ether oxygens (including phenoxy) is 1. The number of nitrogens with two attached hydrogens (primary N) is 1. The second-order valence-electron chi connectivity index (χ2n) is 5.19. The Morgan fingerprint density at radius 1 is 1.40 bits per heavy atom. The van der Waals surface area contributed by atoms with Crippen molar-refractivity contribution in [3.05, 3.63) is 40.0 Å². The van der Waals surface area contributed by atoms with Crippen molar-refractivity contribution in [2.75, 3.05) is 0 Å². The molecule has 1 aromatic carbocycles. The molecule has 20 heavy (non-hydrogen) atoms. The lowest BCUT2D eigenvalue weighted by Crippen LogP contribution is -2.18. The third kappa shape index (κ3) is 3.14. The summed E-state index contributed by atoms with van der Waals surface area (Å²) < 4.78 is 7.73. The van der Waals surface area contributed by atoms with Gasteiger partial charge in [-0.25, -0.2) is 4.68 Å². The van der Waals surface area contributed by atoms with Crippen LogP contribution in [0.4, 0.5) is 0 Å². The Morgan fingerprint density at radius 2 is 2.10 bits per heavy atom. The number of halogens is 1. The van der Waals surface area contributed by atoms with Crippen LogP contribution in [0.25, 0.3) is 0 Å². The van der Waals surface area contributed by atoms with Crippen molar-refractivity contribution in [2.24, 2.45) is 12.8 Å². The summed E-state index contributed by atoms with van der Waals surface area (Å²) in [4.78, 5) is 0. The molecule has 2 aromatic rings. The zero-order chi connectivity index (χ0) is 14.9. The SMILES string of the molecule is Cc1cc(Oc2c(CC(C)N)c(C)nn2C)ccc1Cl. The van der Waals surface area contributed by atoms with Crippen molar-refractivity contribution >= 4 is 11.6 Å². The zero-order valence-corrected chi connectivity index (χ0v) is 13.0. The van der Waals surface area contributed by atoms with E-state index in [0.29, 0.717) is 0 Å². The van der Waals surface area contributed by atoms with Gasteiger partial charge in [0.05, 0.1) is 5.69 Å². The summed E-state index contributed by atoms with van der Waals surface area (Å²) in [7, 11) is 1.87. The van der Waals surface area contributed by atoms with Gasteiger partial charge in [-0.2, -0.15) is 5.10 Å². The third-order valence-corrected chi connectivity index (χ3v) is 3.58. The minimum absolute atomic E-state index is 0.0622. The molecule has 0 amide bonds. The number of rotatable bonds is 4. The van der Waals surface area contributed by atoms with Crippen LogP contribution in [-0.4, -0.2) is 15.8 Å². The molecule has 108 valence electrons. The quantitative estimate of drug-likeness (QED) is 0.940. The molecule has 0 bridgehead atoms. The maximum Gasteiger partial charge on any atom is 0.221 e. The van der Waals surface area contributed by atoms with Crippen molar-refractivity contribution < 1.29 is 4.74 Å². The van der Waals surface area contributed by atoms with Crippen molar-refractivity contribution in [3.8, 4) is 11.6 Å². The lowest BCUT2D eigenvalue weighted by Gasteiger charge is -2.11. The second-order valence-corrected chi connectivity index (χ2v) is 5.59. The Morgan fingerprint density at radius 3 is 2.70 bits per heavy atom. The Hall–Kier alpha value is -1.52. The van der Waals surface area contributed by atoms with Crippen molar-refractivity contribution in [1.29, 1.82) is 0 Å². The van der Waals surface area contributed by atoms with E-state index in [-0.39, 0.29) is 6.04 Å². The molecule has 1 atom stereocenters. The molecule has 2 N–H and O–H groups in total. The van der Waals surface area contributed by atoms with Gasteiger partial charge >= 0.3 is 0 Å². The van der Waals surface area contributed by atoms with Crippen LogP contribution in [0.3, 0.4) is 0 Å². The molecule has 0 saturated carbocycles. The van der Waals surface area contributed by atoms with Crippen LogP contribution in [0.5, 0.6) is 11.6 Å². The number of aryl methyl sites for hydroxylation is 3. The fourth-order valence-electron chi connectivity index (χ4n) is 2.16. The molecule has 1 aromatic heterocycles. The normalized spacial score (nSPS) is 12.5. The number of benzene rings is 1. The van der Waals surface area contributed by atoms with E-state index in [0.717, 1.165) is 39.9 Å².